The van der Waals surface area contributed by atoms with Crippen LogP contribution in [0.2, 0.25) is 0 Å². The number of nitrogens with zero attached hydrogens (tertiary/aromatic N) is 2. The molecule has 0 aliphatic rings. The second-order valence-corrected chi connectivity index (χ2v) is 5.17. The Kier molecular flexibility index (Phi) is 5.81. The third-order valence-corrected chi connectivity index (χ3v) is 3.52. The molecule has 0 spiro atoms. The van der Waals surface area contributed by atoms with Crippen LogP contribution in [-0.4, -0.2) is 22.7 Å². The molecule has 1 unspecified atom stereocenters. The lowest BCUT2D eigenvalue weighted by Gasteiger charge is -2.19. The Balaban J connectivity index is 2.18. The number of ether oxygens (including phenoxy) is 1. The molecule has 114 valence electrons. The molecular weight excluding hydrogens is 262 g/mol. The van der Waals surface area contributed by atoms with Crippen LogP contribution in [0.4, 0.5) is 0 Å². The third-order valence-electron chi connectivity index (χ3n) is 3.52. The standard InChI is InChI=1S/C17H25N3O/c1-4-9-18-16(13-17-19-10-11-20(17)3)14-7-6-8-15(12-14)21-5-2/h6-8,10-12,16,18H,4-5,9,13H2,1-3H3. The van der Waals surface area contributed by atoms with Crippen LogP contribution >= 0.6 is 0 Å². The average Bonchev–Trinajstić information content (AvgIpc) is 2.89. The van der Waals surface area contributed by atoms with Gasteiger partial charge in [-0.1, -0.05) is 19.1 Å². The first-order valence-electron chi connectivity index (χ1n) is 7.67. The van der Waals surface area contributed by atoms with E-state index in [-0.39, 0.29) is 6.04 Å². The maximum atomic E-state index is 5.61. The molecule has 0 bridgehead atoms. The van der Waals surface area contributed by atoms with Gasteiger partial charge in [-0.15, -0.1) is 0 Å². The van der Waals surface area contributed by atoms with Crippen molar-refractivity contribution in [2.24, 2.45) is 7.05 Å². The number of imidazole rings is 1. The molecule has 0 saturated heterocycles. The lowest BCUT2D eigenvalue weighted by Crippen LogP contribution is -2.25. The third kappa shape index (κ3) is 4.33. The van der Waals surface area contributed by atoms with Crippen molar-refractivity contribution in [3.05, 3.63) is 48.0 Å². The summed E-state index contributed by atoms with van der Waals surface area (Å²) < 4.78 is 7.69. The molecule has 4 heteroatoms. The summed E-state index contributed by atoms with van der Waals surface area (Å²) in [5.41, 5.74) is 1.25. The molecule has 21 heavy (non-hydrogen) atoms. The van der Waals surface area contributed by atoms with Crippen molar-refractivity contribution >= 4 is 0 Å². The molecule has 0 amide bonds. The van der Waals surface area contributed by atoms with Gasteiger partial charge in [-0.05, 0) is 37.6 Å². The van der Waals surface area contributed by atoms with Gasteiger partial charge in [-0.3, -0.25) is 0 Å². The van der Waals surface area contributed by atoms with Gasteiger partial charge in [0.25, 0.3) is 0 Å². The monoisotopic (exact) mass is 287 g/mol. The zero-order chi connectivity index (χ0) is 15.1. The summed E-state index contributed by atoms with van der Waals surface area (Å²) in [5, 5.41) is 3.61. The Morgan fingerprint density at radius 3 is 2.86 bits per heavy atom. The van der Waals surface area contributed by atoms with Crippen LogP contribution in [0.15, 0.2) is 36.7 Å². The largest absolute Gasteiger partial charge is 0.494 e. The minimum atomic E-state index is 0.256. The number of aryl methyl sites for hydroxylation is 1. The van der Waals surface area contributed by atoms with Gasteiger partial charge in [-0.2, -0.15) is 0 Å². The topological polar surface area (TPSA) is 39.1 Å². The highest BCUT2D eigenvalue weighted by Crippen LogP contribution is 2.22. The number of hydrogen-bond donors (Lipinski definition) is 1. The number of hydrogen-bond acceptors (Lipinski definition) is 3. The van der Waals surface area contributed by atoms with Crippen molar-refractivity contribution in [1.82, 2.24) is 14.9 Å². The summed E-state index contributed by atoms with van der Waals surface area (Å²) in [5.74, 6) is 2.02. The number of rotatable bonds is 8. The molecule has 2 rings (SSSR count). The van der Waals surface area contributed by atoms with Crippen molar-refractivity contribution in [3.63, 3.8) is 0 Å². The van der Waals surface area contributed by atoms with E-state index in [2.05, 4.69) is 40.0 Å². The summed E-state index contributed by atoms with van der Waals surface area (Å²) >= 11 is 0. The Morgan fingerprint density at radius 1 is 1.33 bits per heavy atom. The van der Waals surface area contributed by atoms with Gasteiger partial charge in [0.1, 0.15) is 11.6 Å². The smallest absolute Gasteiger partial charge is 0.119 e. The molecule has 1 N–H and O–H groups in total. The quantitative estimate of drug-likeness (QED) is 0.811. The van der Waals surface area contributed by atoms with E-state index in [9.17, 15) is 0 Å². The highest BCUT2D eigenvalue weighted by Gasteiger charge is 2.14. The SMILES string of the molecule is CCCNC(Cc1nccn1C)c1cccc(OCC)c1. The molecule has 1 aromatic heterocycles. The fourth-order valence-electron chi connectivity index (χ4n) is 2.39. The van der Waals surface area contributed by atoms with Crippen LogP contribution < -0.4 is 10.1 Å². The molecule has 1 aromatic carbocycles. The fraction of sp³-hybridized carbons (Fsp3) is 0.471. The molecule has 0 aliphatic carbocycles. The van der Waals surface area contributed by atoms with E-state index in [1.54, 1.807) is 0 Å². The van der Waals surface area contributed by atoms with Crippen molar-refractivity contribution in [2.45, 2.75) is 32.7 Å². The molecule has 0 radical (unpaired) electrons. The lowest BCUT2D eigenvalue weighted by atomic mass is 10.0. The fourth-order valence-corrected chi connectivity index (χ4v) is 2.39. The molecule has 0 saturated carbocycles. The molecule has 2 aromatic rings. The predicted molar refractivity (Wildman–Crippen MR) is 85.6 cm³/mol. The Labute approximate surface area is 127 Å². The lowest BCUT2D eigenvalue weighted by molar-refractivity contribution is 0.339. The van der Waals surface area contributed by atoms with Crippen LogP contribution in [0.5, 0.6) is 5.75 Å². The zero-order valence-corrected chi connectivity index (χ0v) is 13.2. The van der Waals surface area contributed by atoms with Gasteiger partial charge < -0.3 is 14.6 Å². The summed E-state index contributed by atoms with van der Waals surface area (Å²) in [6, 6.07) is 8.59. The van der Waals surface area contributed by atoms with E-state index >= 15 is 0 Å². The van der Waals surface area contributed by atoms with Crippen LogP contribution in [0.25, 0.3) is 0 Å². The van der Waals surface area contributed by atoms with Gasteiger partial charge in [0.05, 0.1) is 6.61 Å². The molecule has 0 aliphatic heterocycles. The van der Waals surface area contributed by atoms with Gasteiger partial charge in [0, 0.05) is 31.9 Å². The normalized spacial score (nSPS) is 12.3. The van der Waals surface area contributed by atoms with Crippen molar-refractivity contribution < 1.29 is 4.74 Å². The Morgan fingerprint density at radius 2 is 2.19 bits per heavy atom. The van der Waals surface area contributed by atoms with Crippen molar-refractivity contribution in [1.29, 1.82) is 0 Å². The second kappa shape index (κ2) is 7.84. The van der Waals surface area contributed by atoms with E-state index in [1.165, 1.54) is 5.56 Å². The number of benzene rings is 1. The second-order valence-electron chi connectivity index (χ2n) is 5.17. The molecule has 1 heterocycles. The highest BCUT2D eigenvalue weighted by molar-refractivity contribution is 5.31. The zero-order valence-electron chi connectivity index (χ0n) is 13.2. The average molecular weight is 287 g/mol. The maximum absolute atomic E-state index is 5.61. The molecule has 4 nitrogen and oxygen atoms in total. The minimum absolute atomic E-state index is 0.256. The van der Waals surface area contributed by atoms with Gasteiger partial charge in [0.15, 0.2) is 0 Å². The van der Waals surface area contributed by atoms with E-state index < -0.39 is 0 Å². The molecular formula is C17H25N3O. The maximum Gasteiger partial charge on any atom is 0.119 e. The van der Waals surface area contributed by atoms with E-state index in [4.69, 9.17) is 4.74 Å². The van der Waals surface area contributed by atoms with Crippen molar-refractivity contribution in [3.8, 4) is 5.75 Å². The first-order valence-corrected chi connectivity index (χ1v) is 7.67. The summed E-state index contributed by atoms with van der Waals surface area (Å²) in [6.45, 7) is 5.87. The van der Waals surface area contributed by atoms with Gasteiger partial charge in [-0.25, -0.2) is 4.98 Å². The Bertz CT molecular complexity index is 550. The Hall–Kier alpha value is -1.81. The van der Waals surface area contributed by atoms with Crippen LogP contribution in [0.1, 0.15) is 37.7 Å². The van der Waals surface area contributed by atoms with Crippen LogP contribution in [0, 0.1) is 0 Å². The summed E-state index contributed by atoms with van der Waals surface area (Å²) in [4.78, 5) is 4.44. The minimum Gasteiger partial charge on any atom is -0.494 e. The van der Waals surface area contributed by atoms with E-state index in [1.807, 2.05) is 32.4 Å². The molecule has 1 atom stereocenters. The number of nitrogens with one attached hydrogen (secondary N) is 1. The number of aromatic nitrogens is 2. The first kappa shape index (κ1) is 15.6. The van der Waals surface area contributed by atoms with Gasteiger partial charge in [0.2, 0.25) is 0 Å². The predicted octanol–water partition coefficient (Wildman–Crippen LogP) is 3.10. The van der Waals surface area contributed by atoms with Gasteiger partial charge >= 0.3 is 0 Å². The molecule has 0 fully saturated rings. The van der Waals surface area contributed by atoms with E-state index in [0.717, 1.165) is 31.0 Å². The van der Waals surface area contributed by atoms with Crippen molar-refractivity contribution in [2.75, 3.05) is 13.2 Å². The first-order chi connectivity index (χ1) is 10.2. The summed E-state index contributed by atoms with van der Waals surface area (Å²) in [7, 11) is 2.04. The van der Waals surface area contributed by atoms with Crippen LogP contribution in [0.3, 0.4) is 0 Å². The van der Waals surface area contributed by atoms with Crippen LogP contribution in [-0.2, 0) is 13.5 Å². The summed E-state index contributed by atoms with van der Waals surface area (Å²) in [6.07, 6.45) is 5.83. The van der Waals surface area contributed by atoms with E-state index in [0.29, 0.717) is 6.61 Å². The highest BCUT2D eigenvalue weighted by atomic mass is 16.5.